The van der Waals surface area contributed by atoms with Crippen LogP contribution in [0.4, 0.5) is 0 Å². The zero-order valence-corrected chi connectivity index (χ0v) is 9.52. The lowest BCUT2D eigenvalue weighted by Gasteiger charge is -2.13. The highest BCUT2D eigenvalue weighted by atomic mass is 16.4. The summed E-state index contributed by atoms with van der Waals surface area (Å²) in [6, 6.07) is -0.0651. The van der Waals surface area contributed by atoms with Crippen LogP contribution in [-0.4, -0.2) is 23.0 Å². The third-order valence-electron chi connectivity index (χ3n) is 3.74. The summed E-state index contributed by atoms with van der Waals surface area (Å²) < 4.78 is 0. The molecule has 2 rings (SSSR count). The van der Waals surface area contributed by atoms with Crippen molar-refractivity contribution in [1.82, 2.24) is 5.32 Å². The second-order valence-electron chi connectivity index (χ2n) is 4.99. The molecule has 5 nitrogen and oxygen atoms in total. The van der Waals surface area contributed by atoms with E-state index in [9.17, 15) is 4.79 Å². The average Bonchev–Trinajstić information content (AvgIpc) is 2.73. The van der Waals surface area contributed by atoms with E-state index < -0.39 is 0 Å². The minimum absolute atomic E-state index is 0.0651. The van der Waals surface area contributed by atoms with Gasteiger partial charge in [0.2, 0.25) is 5.91 Å². The second kappa shape index (κ2) is 4.31. The molecule has 3 atom stereocenters. The van der Waals surface area contributed by atoms with Gasteiger partial charge in [0, 0.05) is 18.4 Å². The predicted octanol–water partition coefficient (Wildman–Crippen LogP) is 0.674. The predicted molar refractivity (Wildman–Crippen MR) is 60.0 cm³/mol. The normalized spacial score (nSPS) is 34.3. The molecule has 3 unspecified atom stereocenters. The van der Waals surface area contributed by atoms with Gasteiger partial charge in [-0.1, -0.05) is 11.6 Å². The van der Waals surface area contributed by atoms with Gasteiger partial charge in [-0.05, 0) is 31.6 Å². The quantitative estimate of drug-likeness (QED) is 0.284. The smallest absolute Gasteiger partial charge is 0.223 e. The van der Waals surface area contributed by atoms with Crippen LogP contribution in [-0.2, 0) is 4.79 Å². The Bertz CT molecular complexity index is 306. The van der Waals surface area contributed by atoms with Crippen LogP contribution in [0, 0.1) is 17.8 Å². The number of fused-ring (bicyclic) bond motifs is 1. The molecule has 16 heavy (non-hydrogen) atoms. The van der Waals surface area contributed by atoms with E-state index in [2.05, 4.69) is 10.5 Å². The molecular formula is C11H19N3O2. The molecule has 2 fully saturated rings. The number of nitrogens with zero attached hydrogens (tertiary/aromatic N) is 1. The zero-order valence-electron chi connectivity index (χ0n) is 9.52. The first-order valence-electron chi connectivity index (χ1n) is 5.90. The lowest BCUT2D eigenvalue weighted by atomic mass is 10.1. The molecule has 2 aliphatic rings. The number of carbonyl (C=O) groups excluding carboxylic acids is 1. The molecule has 0 aromatic rings. The first-order chi connectivity index (χ1) is 7.63. The van der Waals surface area contributed by atoms with E-state index in [1.807, 2.05) is 6.92 Å². The lowest BCUT2D eigenvalue weighted by molar-refractivity contribution is -0.123. The van der Waals surface area contributed by atoms with E-state index in [4.69, 9.17) is 10.9 Å². The zero-order chi connectivity index (χ0) is 11.7. The maximum atomic E-state index is 11.8. The highest BCUT2D eigenvalue weighted by molar-refractivity contribution is 5.84. The van der Waals surface area contributed by atoms with Crippen LogP contribution in [0.1, 0.15) is 32.6 Å². The van der Waals surface area contributed by atoms with Crippen molar-refractivity contribution in [3.05, 3.63) is 0 Å². The lowest BCUT2D eigenvalue weighted by Crippen LogP contribution is -2.37. The van der Waals surface area contributed by atoms with Crippen molar-refractivity contribution in [3.63, 3.8) is 0 Å². The maximum Gasteiger partial charge on any atom is 0.223 e. The topological polar surface area (TPSA) is 87.7 Å². The SMILES string of the molecule is CC(CC(N)=NO)NC(=O)C1C2CCCC21. The number of hydrogen-bond acceptors (Lipinski definition) is 3. The Morgan fingerprint density at radius 1 is 1.56 bits per heavy atom. The van der Waals surface area contributed by atoms with Gasteiger partial charge < -0.3 is 16.3 Å². The largest absolute Gasteiger partial charge is 0.409 e. The van der Waals surface area contributed by atoms with Crippen LogP contribution in [0.2, 0.25) is 0 Å². The molecule has 0 aliphatic heterocycles. The highest BCUT2D eigenvalue weighted by Crippen LogP contribution is 2.57. The Labute approximate surface area is 95.1 Å². The molecule has 90 valence electrons. The third-order valence-corrected chi connectivity index (χ3v) is 3.74. The molecule has 2 saturated carbocycles. The summed E-state index contributed by atoms with van der Waals surface area (Å²) in [5.74, 6) is 1.81. The summed E-state index contributed by atoms with van der Waals surface area (Å²) in [6.07, 6.45) is 4.08. The number of nitrogens with two attached hydrogens (primary N) is 1. The molecule has 0 radical (unpaired) electrons. The first-order valence-corrected chi connectivity index (χ1v) is 5.90. The van der Waals surface area contributed by atoms with Crippen molar-refractivity contribution >= 4 is 11.7 Å². The molecule has 4 N–H and O–H groups in total. The second-order valence-corrected chi connectivity index (χ2v) is 4.99. The number of hydrogen-bond donors (Lipinski definition) is 3. The van der Waals surface area contributed by atoms with Gasteiger partial charge in [0.25, 0.3) is 0 Å². The van der Waals surface area contributed by atoms with Gasteiger partial charge in [0.1, 0.15) is 5.84 Å². The van der Waals surface area contributed by atoms with Crippen LogP contribution >= 0.6 is 0 Å². The average molecular weight is 225 g/mol. The van der Waals surface area contributed by atoms with E-state index in [1.165, 1.54) is 19.3 Å². The van der Waals surface area contributed by atoms with Gasteiger partial charge in [-0.25, -0.2) is 0 Å². The molecule has 5 heteroatoms. The minimum Gasteiger partial charge on any atom is -0.409 e. The van der Waals surface area contributed by atoms with E-state index in [0.29, 0.717) is 18.3 Å². The first kappa shape index (κ1) is 11.2. The van der Waals surface area contributed by atoms with Crippen molar-refractivity contribution < 1.29 is 10.0 Å². The van der Waals surface area contributed by atoms with Crippen molar-refractivity contribution in [2.24, 2.45) is 28.6 Å². The van der Waals surface area contributed by atoms with E-state index in [0.717, 1.165) is 0 Å². The minimum atomic E-state index is -0.0651. The number of amides is 1. The van der Waals surface area contributed by atoms with Crippen molar-refractivity contribution in [1.29, 1.82) is 0 Å². The van der Waals surface area contributed by atoms with Gasteiger partial charge in [0.05, 0.1) is 0 Å². The Hall–Kier alpha value is -1.26. The van der Waals surface area contributed by atoms with Crippen LogP contribution < -0.4 is 11.1 Å². The van der Waals surface area contributed by atoms with E-state index >= 15 is 0 Å². The van der Waals surface area contributed by atoms with Crippen LogP contribution in [0.25, 0.3) is 0 Å². The van der Waals surface area contributed by atoms with Crippen molar-refractivity contribution in [3.8, 4) is 0 Å². The van der Waals surface area contributed by atoms with Crippen LogP contribution in [0.15, 0.2) is 5.16 Å². The number of rotatable bonds is 4. The summed E-state index contributed by atoms with van der Waals surface area (Å²) >= 11 is 0. The van der Waals surface area contributed by atoms with Crippen LogP contribution in [0.3, 0.4) is 0 Å². The fraction of sp³-hybridized carbons (Fsp3) is 0.818. The Kier molecular flexibility index (Phi) is 3.03. The fourth-order valence-electron chi connectivity index (χ4n) is 2.96. The third kappa shape index (κ3) is 2.13. The van der Waals surface area contributed by atoms with Crippen LogP contribution in [0.5, 0.6) is 0 Å². The Morgan fingerprint density at radius 3 is 2.75 bits per heavy atom. The van der Waals surface area contributed by atoms with Crippen molar-refractivity contribution in [2.75, 3.05) is 0 Å². The molecule has 1 amide bonds. The van der Waals surface area contributed by atoms with Gasteiger partial charge >= 0.3 is 0 Å². The standard InChI is InChI=1S/C11H19N3O2/c1-6(5-9(12)14-16)13-11(15)10-7-3-2-4-8(7)10/h6-8,10,16H,2-5H2,1H3,(H2,12,14)(H,13,15). The molecule has 0 bridgehead atoms. The number of carbonyl (C=O) groups is 1. The van der Waals surface area contributed by atoms with Gasteiger partial charge in [-0.2, -0.15) is 0 Å². The van der Waals surface area contributed by atoms with Crippen molar-refractivity contribution in [2.45, 2.75) is 38.6 Å². The summed E-state index contributed by atoms with van der Waals surface area (Å²) in [7, 11) is 0. The van der Waals surface area contributed by atoms with Gasteiger partial charge in [-0.3, -0.25) is 4.79 Å². The molecule has 0 saturated heterocycles. The number of nitrogens with one attached hydrogen (secondary N) is 1. The molecule has 0 spiro atoms. The fourth-order valence-corrected chi connectivity index (χ4v) is 2.96. The van der Waals surface area contributed by atoms with E-state index in [-0.39, 0.29) is 23.7 Å². The summed E-state index contributed by atoms with van der Waals surface area (Å²) in [5.41, 5.74) is 5.38. The number of amidine groups is 1. The Morgan fingerprint density at radius 2 is 2.19 bits per heavy atom. The summed E-state index contributed by atoms with van der Waals surface area (Å²) in [4.78, 5) is 11.8. The van der Waals surface area contributed by atoms with E-state index in [1.54, 1.807) is 0 Å². The van der Waals surface area contributed by atoms with Gasteiger partial charge in [0.15, 0.2) is 0 Å². The molecular weight excluding hydrogens is 206 g/mol. The highest BCUT2D eigenvalue weighted by Gasteiger charge is 2.56. The van der Waals surface area contributed by atoms with Gasteiger partial charge in [-0.15, -0.1) is 0 Å². The summed E-state index contributed by atoms with van der Waals surface area (Å²) in [5, 5.41) is 14.2. The summed E-state index contributed by atoms with van der Waals surface area (Å²) in [6.45, 7) is 1.87. The molecule has 0 aromatic heterocycles. The monoisotopic (exact) mass is 225 g/mol. The molecule has 2 aliphatic carbocycles. The number of oxime groups is 1. The maximum absolute atomic E-state index is 11.8. The Balaban J connectivity index is 1.75. The molecule has 0 aromatic carbocycles. The molecule has 0 heterocycles.